The molecule has 2 aromatic carbocycles. The molecule has 0 spiro atoms. The number of hydrogen-bond donors (Lipinski definition) is 1. The zero-order valence-corrected chi connectivity index (χ0v) is 30.5. The van der Waals surface area contributed by atoms with Crippen LogP contribution in [0.1, 0.15) is 82.4 Å². The van der Waals surface area contributed by atoms with E-state index >= 15 is 0 Å². The molecule has 1 aliphatic carbocycles. The van der Waals surface area contributed by atoms with Crippen LogP contribution < -0.4 is 14.8 Å². The van der Waals surface area contributed by atoms with Crippen molar-refractivity contribution < 1.29 is 23.8 Å². The number of nitrogens with one attached hydrogen (secondary N) is 1. The molecular formula is C35H41BrClN5O5S. The Hall–Kier alpha value is -3.22. The highest BCUT2D eigenvalue weighted by Crippen LogP contribution is 2.44. The quantitative estimate of drug-likeness (QED) is 0.154. The Morgan fingerprint density at radius 1 is 1.06 bits per heavy atom. The van der Waals surface area contributed by atoms with Gasteiger partial charge in [-0.15, -0.1) is 5.10 Å². The minimum Gasteiger partial charge on any atom is -0.490 e. The molecule has 1 unspecified atom stereocenters. The van der Waals surface area contributed by atoms with E-state index in [1.165, 1.54) is 11.8 Å². The monoisotopic (exact) mass is 757 g/mol. The summed E-state index contributed by atoms with van der Waals surface area (Å²) in [5, 5.41) is 9.42. The Morgan fingerprint density at radius 3 is 2.56 bits per heavy atom. The molecule has 1 atom stereocenters. The molecule has 1 N–H and O–H groups in total. The number of halogens is 2. The number of amides is 1. The van der Waals surface area contributed by atoms with Crippen LogP contribution in [0.5, 0.6) is 11.5 Å². The van der Waals surface area contributed by atoms with Gasteiger partial charge in [-0.05, 0) is 104 Å². The summed E-state index contributed by atoms with van der Waals surface area (Å²) in [6.45, 7) is 5.54. The third-order valence-electron chi connectivity index (χ3n) is 8.89. The van der Waals surface area contributed by atoms with Gasteiger partial charge in [0.2, 0.25) is 11.1 Å². The maximum Gasteiger partial charge on any atom is 0.338 e. The van der Waals surface area contributed by atoms with Gasteiger partial charge in [0.25, 0.3) is 5.91 Å². The molecule has 0 radical (unpaired) electrons. The van der Waals surface area contributed by atoms with Gasteiger partial charge in [0, 0.05) is 29.6 Å². The fourth-order valence-corrected chi connectivity index (χ4v) is 8.13. The summed E-state index contributed by atoms with van der Waals surface area (Å²) in [6, 6.07) is 10.8. The normalized spacial score (nSPS) is 18.2. The van der Waals surface area contributed by atoms with Crippen molar-refractivity contribution in [3.63, 3.8) is 0 Å². The minimum atomic E-state index is -0.668. The molecule has 0 bridgehead atoms. The average molecular weight is 759 g/mol. The maximum atomic E-state index is 14.0. The Balaban J connectivity index is 1.33. The number of aromatic nitrogens is 3. The standard InChI is InChI=1S/C35H41BrClN5O5S/c1-3-45-28-19-24(18-26(36)32(28)46-20-29(43)41-16-10-5-11-17-41)31-30(33(44)47-25-13-6-4-7-14-25)22(2)38-34-39-35(40-42(31)34)48-21-23-12-8-9-15-27(23)37/h8-9,12,15,18-19,25,31H,3-7,10-11,13-14,16-17,20-21H2,1-2H3,(H,38,39,40). The summed E-state index contributed by atoms with van der Waals surface area (Å²) in [5.41, 5.74) is 2.80. The van der Waals surface area contributed by atoms with Gasteiger partial charge < -0.3 is 24.4 Å². The van der Waals surface area contributed by atoms with E-state index in [1.807, 2.05) is 55.1 Å². The van der Waals surface area contributed by atoms with Gasteiger partial charge >= 0.3 is 5.97 Å². The topological polar surface area (TPSA) is 108 Å². The SMILES string of the molecule is CCOc1cc(C2C(C(=O)OC3CCCCC3)=C(C)Nc3nc(SCc4ccccc4Cl)nn32)cc(Br)c1OCC(=O)N1CCCCC1. The number of benzene rings is 2. The lowest BCUT2D eigenvalue weighted by Gasteiger charge is -2.30. The summed E-state index contributed by atoms with van der Waals surface area (Å²) in [6.07, 6.45) is 8.00. The second kappa shape index (κ2) is 16.0. The minimum absolute atomic E-state index is 0.0492. The number of ether oxygens (including phenoxy) is 3. The Kier molecular flexibility index (Phi) is 11.5. The van der Waals surface area contributed by atoms with Crippen LogP contribution in [0, 0.1) is 0 Å². The number of nitrogens with zero attached hydrogens (tertiary/aromatic N) is 4. The number of carbonyl (C=O) groups is 2. The zero-order valence-electron chi connectivity index (χ0n) is 27.3. The van der Waals surface area contributed by atoms with Crippen molar-refractivity contribution >= 4 is 57.1 Å². The molecule has 2 fully saturated rings. The highest BCUT2D eigenvalue weighted by Gasteiger charge is 2.37. The maximum absolute atomic E-state index is 14.0. The third kappa shape index (κ3) is 7.97. The van der Waals surface area contributed by atoms with Crippen molar-refractivity contribution in [1.82, 2.24) is 19.7 Å². The predicted molar refractivity (Wildman–Crippen MR) is 190 cm³/mol. The van der Waals surface area contributed by atoms with Crippen LogP contribution in [-0.4, -0.2) is 63.9 Å². The summed E-state index contributed by atoms with van der Waals surface area (Å²) >= 11 is 11.6. The van der Waals surface area contributed by atoms with Gasteiger partial charge in [0.05, 0.1) is 16.7 Å². The second-order valence-electron chi connectivity index (χ2n) is 12.3. The summed E-state index contributed by atoms with van der Waals surface area (Å²) < 4.78 is 20.6. The predicted octanol–water partition coefficient (Wildman–Crippen LogP) is 7.94. The molecule has 3 aliphatic rings. The van der Waals surface area contributed by atoms with E-state index in [0.29, 0.717) is 55.7 Å². The molecule has 10 nitrogen and oxygen atoms in total. The first-order chi connectivity index (χ1) is 23.3. The molecule has 3 aromatic rings. The van der Waals surface area contributed by atoms with Crippen molar-refractivity contribution in [2.24, 2.45) is 0 Å². The van der Waals surface area contributed by atoms with E-state index in [4.69, 9.17) is 35.9 Å². The molecule has 1 saturated heterocycles. The van der Waals surface area contributed by atoms with Crippen LogP contribution in [0.25, 0.3) is 0 Å². The molecule has 6 rings (SSSR count). The largest absolute Gasteiger partial charge is 0.490 e. The number of carbonyl (C=O) groups excluding carboxylic acids is 2. The number of piperidine rings is 1. The Labute approximate surface area is 299 Å². The van der Waals surface area contributed by atoms with Crippen molar-refractivity contribution in [2.75, 3.05) is 31.6 Å². The highest BCUT2D eigenvalue weighted by molar-refractivity contribution is 9.10. The van der Waals surface area contributed by atoms with Crippen LogP contribution in [0.15, 0.2) is 57.3 Å². The van der Waals surface area contributed by atoms with E-state index in [2.05, 4.69) is 21.2 Å². The zero-order chi connectivity index (χ0) is 33.6. The van der Waals surface area contributed by atoms with Gasteiger partial charge in [-0.2, -0.15) is 4.98 Å². The lowest BCUT2D eigenvalue weighted by Crippen LogP contribution is -2.38. The van der Waals surface area contributed by atoms with Gasteiger partial charge in [0.1, 0.15) is 12.1 Å². The summed E-state index contributed by atoms with van der Waals surface area (Å²) in [5.74, 6) is 1.55. The molecule has 48 heavy (non-hydrogen) atoms. The van der Waals surface area contributed by atoms with Gasteiger partial charge in [-0.25, -0.2) is 9.48 Å². The number of hydrogen-bond acceptors (Lipinski definition) is 9. The second-order valence-corrected chi connectivity index (χ2v) is 14.5. The number of likely N-dealkylation sites (tertiary alicyclic amines) is 1. The van der Waals surface area contributed by atoms with E-state index in [1.54, 1.807) is 4.68 Å². The van der Waals surface area contributed by atoms with Crippen molar-refractivity contribution in [2.45, 2.75) is 88.3 Å². The number of esters is 1. The van der Waals surface area contributed by atoms with Crippen LogP contribution >= 0.6 is 39.3 Å². The first-order valence-corrected chi connectivity index (χ1v) is 18.9. The molecule has 1 aromatic heterocycles. The van der Waals surface area contributed by atoms with Crippen LogP contribution in [-0.2, 0) is 20.1 Å². The third-order valence-corrected chi connectivity index (χ3v) is 10.7. The Bertz CT molecular complexity index is 1670. The summed E-state index contributed by atoms with van der Waals surface area (Å²) in [4.78, 5) is 33.6. The van der Waals surface area contributed by atoms with E-state index < -0.39 is 6.04 Å². The summed E-state index contributed by atoms with van der Waals surface area (Å²) in [7, 11) is 0. The lowest BCUT2D eigenvalue weighted by molar-refractivity contribution is -0.146. The van der Waals surface area contributed by atoms with Crippen LogP contribution in [0.2, 0.25) is 5.02 Å². The van der Waals surface area contributed by atoms with E-state index in [0.717, 1.165) is 75.6 Å². The first-order valence-electron chi connectivity index (χ1n) is 16.7. The number of fused-ring (bicyclic) bond motifs is 1. The lowest BCUT2D eigenvalue weighted by atomic mass is 9.94. The van der Waals surface area contributed by atoms with Gasteiger partial charge in [0.15, 0.2) is 18.1 Å². The fraction of sp³-hybridized carbons (Fsp3) is 0.486. The van der Waals surface area contributed by atoms with Crippen LogP contribution in [0.3, 0.4) is 0 Å². The molecule has 1 amide bonds. The molecular weight excluding hydrogens is 718 g/mol. The Morgan fingerprint density at radius 2 is 1.81 bits per heavy atom. The average Bonchev–Trinajstić information content (AvgIpc) is 3.50. The molecule has 2 aliphatic heterocycles. The molecule has 256 valence electrons. The first kappa shape index (κ1) is 34.6. The molecule has 13 heteroatoms. The number of anilines is 1. The smallest absolute Gasteiger partial charge is 0.338 e. The number of allylic oxidation sites excluding steroid dienone is 1. The van der Waals surface area contributed by atoms with Gasteiger partial charge in [-0.1, -0.05) is 48.0 Å². The number of rotatable bonds is 11. The number of thioether (sulfide) groups is 1. The van der Waals surface area contributed by atoms with Crippen LogP contribution in [0.4, 0.5) is 5.95 Å². The van der Waals surface area contributed by atoms with E-state index in [9.17, 15) is 9.59 Å². The van der Waals surface area contributed by atoms with Crippen molar-refractivity contribution in [1.29, 1.82) is 0 Å². The van der Waals surface area contributed by atoms with Crippen molar-refractivity contribution in [3.8, 4) is 11.5 Å². The van der Waals surface area contributed by atoms with E-state index in [-0.39, 0.29) is 24.6 Å². The van der Waals surface area contributed by atoms with Gasteiger partial charge in [-0.3, -0.25) is 4.79 Å². The highest BCUT2D eigenvalue weighted by atomic mass is 79.9. The molecule has 1 saturated carbocycles. The fourth-order valence-electron chi connectivity index (χ4n) is 6.44. The molecule has 3 heterocycles. The van der Waals surface area contributed by atoms with Crippen molar-refractivity contribution in [3.05, 3.63) is 68.3 Å².